The first-order chi connectivity index (χ1) is 6.91. The Morgan fingerprint density at radius 2 is 1.57 bits per heavy atom. The Kier molecular flexibility index (Phi) is 11.6. The van der Waals surface area contributed by atoms with Crippen LogP contribution in [-0.4, -0.2) is 12.5 Å². The summed E-state index contributed by atoms with van der Waals surface area (Å²) in [7, 11) is 0. The Bertz CT molecular complexity index is 150. The molecule has 0 aromatic carbocycles. The van der Waals surface area contributed by atoms with E-state index in [0.29, 0.717) is 0 Å². The van der Waals surface area contributed by atoms with E-state index in [1.165, 1.54) is 51.1 Å². The minimum absolute atomic E-state index is 0.907. The van der Waals surface area contributed by atoms with Gasteiger partial charge in [0.15, 0.2) is 0 Å². The molecule has 0 atom stereocenters. The maximum absolute atomic E-state index is 9.80. The van der Waals surface area contributed by atoms with E-state index in [1.807, 2.05) is 0 Å². The van der Waals surface area contributed by atoms with Gasteiger partial charge in [-0.3, -0.25) is 0 Å². The van der Waals surface area contributed by atoms with Crippen LogP contribution < -0.4 is 5.32 Å². The Morgan fingerprint density at radius 1 is 1.00 bits per heavy atom. The molecule has 0 aliphatic rings. The van der Waals surface area contributed by atoms with Crippen molar-refractivity contribution in [1.82, 2.24) is 5.32 Å². The summed E-state index contributed by atoms with van der Waals surface area (Å²) >= 11 is 0. The van der Waals surface area contributed by atoms with Crippen molar-refractivity contribution in [2.45, 2.75) is 58.3 Å². The minimum atomic E-state index is 0.907. The van der Waals surface area contributed by atoms with Crippen LogP contribution in [0.4, 0.5) is 0 Å². The van der Waals surface area contributed by atoms with Crippen LogP contribution in [0.5, 0.6) is 0 Å². The second-order valence-electron chi connectivity index (χ2n) is 3.69. The lowest BCUT2D eigenvalue weighted by molar-refractivity contribution is 0.562. The molecule has 82 valence electrons. The molecule has 2 nitrogen and oxygen atoms in total. The summed E-state index contributed by atoms with van der Waals surface area (Å²) < 4.78 is 0. The monoisotopic (exact) mass is 197 g/mol. The number of nitrogens with one attached hydrogen (secondary N) is 1. The van der Waals surface area contributed by atoms with Crippen molar-refractivity contribution in [2.24, 2.45) is 0 Å². The van der Waals surface area contributed by atoms with Gasteiger partial charge in [0.2, 0.25) is 0 Å². The average molecular weight is 197 g/mol. The first kappa shape index (κ1) is 13.2. The van der Waals surface area contributed by atoms with E-state index in [0.717, 1.165) is 13.0 Å². The summed E-state index contributed by atoms with van der Waals surface area (Å²) in [6, 6.07) is 0. The third-order valence-corrected chi connectivity index (χ3v) is 2.34. The molecule has 0 unspecified atom stereocenters. The molecule has 0 aromatic heterocycles. The van der Waals surface area contributed by atoms with Crippen molar-refractivity contribution >= 4 is 5.94 Å². The quantitative estimate of drug-likeness (QED) is 0.431. The highest BCUT2D eigenvalue weighted by Crippen LogP contribution is 2.07. The highest BCUT2D eigenvalue weighted by molar-refractivity contribution is 5.43. The van der Waals surface area contributed by atoms with Crippen molar-refractivity contribution in [3.8, 4) is 0 Å². The van der Waals surface area contributed by atoms with Crippen molar-refractivity contribution in [3.63, 3.8) is 0 Å². The second-order valence-corrected chi connectivity index (χ2v) is 3.69. The third-order valence-electron chi connectivity index (χ3n) is 2.34. The summed E-state index contributed by atoms with van der Waals surface area (Å²) in [6.07, 6.45) is 11.9. The van der Waals surface area contributed by atoms with Gasteiger partial charge in [0.1, 0.15) is 5.94 Å². The van der Waals surface area contributed by atoms with Gasteiger partial charge in [0.05, 0.1) is 6.20 Å². The van der Waals surface area contributed by atoms with Crippen LogP contribution in [0.15, 0.2) is 6.20 Å². The molecule has 0 aliphatic heterocycles. The van der Waals surface area contributed by atoms with Gasteiger partial charge in [0, 0.05) is 6.54 Å². The molecule has 1 N–H and O–H groups in total. The first-order valence-corrected chi connectivity index (χ1v) is 5.84. The summed E-state index contributed by atoms with van der Waals surface area (Å²) in [6.45, 7) is 3.15. The van der Waals surface area contributed by atoms with Crippen molar-refractivity contribution < 1.29 is 4.79 Å². The molecular weight excluding hydrogens is 174 g/mol. The molecule has 2 heteroatoms. The molecule has 0 aliphatic carbocycles. The van der Waals surface area contributed by atoms with E-state index in [9.17, 15) is 4.79 Å². The molecule has 0 radical (unpaired) electrons. The zero-order chi connectivity index (χ0) is 10.5. The molecule has 0 rings (SSSR count). The normalized spacial score (nSPS) is 9.50. The fourth-order valence-corrected chi connectivity index (χ4v) is 1.47. The maximum atomic E-state index is 9.80. The molecule has 0 amide bonds. The number of hydrogen-bond acceptors (Lipinski definition) is 2. The van der Waals surface area contributed by atoms with Gasteiger partial charge in [-0.25, -0.2) is 4.79 Å². The Hall–Kier alpha value is -0.750. The zero-order valence-corrected chi connectivity index (χ0v) is 9.35. The van der Waals surface area contributed by atoms with Crippen LogP contribution in [0.1, 0.15) is 58.3 Å². The maximum Gasteiger partial charge on any atom is 0.141 e. The Balaban J connectivity index is 2.88. The predicted octanol–water partition coefficient (Wildman–Crippen LogP) is 3.06. The Labute approximate surface area is 87.8 Å². The number of unbranched alkanes of at least 4 members (excludes halogenated alkanes) is 7. The summed E-state index contributed by atoms with van der Waals surface area (Å²) in [5.41, 5.74) is 0. The number of carbonyl (C=O) groups excluding carboxylic acids is 1. The molecule has 0 spiro atoms. The molecule has 0 bridgehead atoms. The number of rotatable bonds is 10. The predicted molar refractivity (Wildman–Crippen MR) is 60.9 cm³/mol. The van der Waals surface area contributed by atoms with E-state index in [2.05, 4.69) is 12.2 Å². The first-order valence-electron chi connectivity index (χ1n) is 5.84. The van der Waals surface area contributed by atoms with Gasteiger partial charge >= 0.3 is 0 Å². The fourth-order valence-electron chi connectivity index (χ4n) is 1.47. The molecular formula is C12H23NO. The van der Waals surface area contributed by atoms with Gasteiger partial charge in [-0.1, -0.05) is 51.9 Å². The van der Waals surface area contributed by atoms with Crippen LogP contribution in [-0.2, 0) is 4.79 Å². The van der Waals surface area contributed by atoms with Crippen LogP contribution in [0.2, 0.25) is 0 Å². The largest absolute Gasteiger partial charge is 0.382 e. The van der Waals surface area contributed by atoms with Gasteiger partial charge in [-0.2, -0.15) is 0 Å². The highest BCUT2D eigenvalue weighted by atomic mass is 16.1. The molecule has 14 heavy (non-hydrogen) atoms. The van der Waals surface area contributed by atoms with Crippen molar-refractivity contribution in [3.05, 3.63) is 6.20 Å². The summed E-state index contributed by atoms with van der Waals surface area (Å²) in [5.74, 6) is 1.71. The smallest absolute Gasteiger partial charge is 0.141 e. The van der Waals surface area contributed by atoms with Crippen LogP contribution in [0, 0.1) is 0 Å². The average Bonchev–Trinajstić information content (AvgIpc) is 2.21. The van der Waals surface area contributed by atoms with Gasteiger partial charge in [-0.05, 0) is 6.42 Å². The minimum Gasteiger partial charge on any atom is -0.382 e. The lowest BCUT2D eigenvalue weighted by Gasteiger charge is -2.01. The highest BCUT2D eigenvalue weighted by Gasteiger charge is 1.90. The molecule has 0 fully saturated rings. The molecule has 0 heterocycles. The molecule has 0 saturated carbocycles. The second kappa shape index (κ2) is 12.2. The Morgan fingerprint density at radius 3 is 2.14 bits per heavy atom. The van der Waals surface area contributed by atoms with Crippen molar-refractivity contribution in [2.75, 3.05) is 6.54 Å². The van der Waals surface area contributed by atoms with Crippen LogP contribution >= 0.6 is 0 Å². The molecule has 0 saturated heterocycles. The van der Waals surface area contributed by atoms with E-state index in [1.54, 1.807) is 5.94 Å². The summed E-state index contributed by atoms with van der Waals surface area (Å²) in [4.78, 5) is 9.80. The standard InChI is InChI=1S/C12H23NO/c1-2-3-4-5-6-7-8-9-10-13-11-12-14/h11,13H,2-10H2,1H3. The van der Waals surface area contributed by atoms with Gasteiger partial charge in [0.25, 0.3) is 0 Å². The lowest BCUT2D eigenvalue weighted by atomic mass is 10.1. The topological polar surface area (TPSA) is 29.1 Å². The molecule has 0 aromatic rings. The van der Waals surface area contributed by atoms with Gasteiger partial charge < -0.3 is 5.32 Å². The van der Waals surface area contributed by atoms with E-state index < -0.39 is 0 Å². The van der Waals surface area contributed by atoms with E-state index >= 15 is 0 Å². The third kappa shape index (κ3) is 11.2. The van der Waals surface area contributed by atoms with Crippen LogP contribution in [0.25, 0.3) is 0 Å². The zero-order valence-electron chi connectivity index (χ0n) is 9.35. The van der Waals surface area contributed by atoms with Crippen LogP contribution in [0.3, 0.4) is 0 Å². The van der Waals surface area contributed by atoms with E-state index in [4.69, 9.17) is 0 Å². The SMILES string of the molecule is CCCCCCCCCCNC=C=O. The summed E-state index contributed by atoms with van der Waals surface area (Å²) in [5, 5.41) is 2.90. The van der Waals surface area contributed by atoms with Crippen molar-refractivity contribution in [1.29, 1.82) is 0 Å². The van der Waals surface area contributed by atoms with Gasteiger partial charge in [-0.15, -0.1) is 0 Å². The lowest BCUT2D eigenvalue weighted by Crippen LogP contribution is -2.06. The number of hydrogen-bond donors (Lipinski definition) is 1. The van der Waals surface area contributed by atoms with E-state index in [-0.39, 0.29) is 0 Å². The fraction of sp³-hybridized carbons (Fsp3) is 0.833.